The summed E-state index contributed by atoms with van der Waals surface area (Å²) in [5, 5.41) is 31.7. The van der Waals surface area contributed by atoms with Crippen molar-refractivity contribution in [2.24, 2.45) is 34.5 Å². The van der Waals surface area contributed by atoms with Crippen molar-refractivity contribution in [3.8, 4) is 0 Å². The highest BCUT2D eigenvalue weighted by atomic mass is 16.3. The van der Waals surface area contributed by atoms with Gasteiger partial charge in [0.05, 0.1) is 18.3 Å². The molecule has 0 aromatic heterocycles. The third-order valence-electron chi connectivity index (χ3n) is 9.12. The zero-order chi connectivity index (χ0) is 17.3. The van der Waals surface area contributed by atoms with Crippen LogP contribution in [0.3, 0.4) is 0 Å². The van der Waals surface area contributed by atoms with Gasteiger partial charge in [0.25, 0.3) is 0 Å². The topological polar surface area (TPSA) is 60.7 Å². The van der Waals surface area contributed by atoms with Gasteiger partial charge in [0.2, 0.25) is 0 Å². The second kappa shape index (κ2) is 5.31. The van der Waals surface area contributed by atoms with Crippen LogP contribution in [0.4, 0.5) is 0 Å². The predicted molar refractivity (Wildman–Crippen MR) is 94.3 cm³/mol. The Morgan fingerprint density at radius 2 is 1.88 bits per heavy atom. The number of hydrogen-bond acceptors (Lipinski definition) is 3. The maximum Gasteiger partial charge on any atom is 0.0675 e. The van der Waals surface area contributed by atoms with E-state index in [4.69, 9.17) is 0 Å². The minimum absolute atomic E-state index is 0.0214. The Labute approximate surface area is 146 Å². The van der Waals surface area contributed by atoms with Crippen molar-refractivity contribution >= 4 is 0 Å². The average molecular weight is 335 g/mol. The second-order valence-corrected chi connectivity index (χ2v) is 9.80. The van der Waals surface area contributed by atoms with Gasteiger partial charge in [-0.15, -0.1) is 0 Å². The molecule has 0 bridgehead atoms. The van der Waals surface area contributed by atoms with Gasteiger partial charge in [-0.05, 0) is 81.0 Å². The predicted octanol–water partition coefficient (Wildman–Crippen LogP) is 3.28. The molecule has 8 atom stereocenters. The summed E-state index contributed by atoms with van der Waals surface area (Å²) in [5.41, 5.74) is 0.671. The van der Waals surface area contributed by atoms with Crippen LogP contribution in [-0.2, 0) is 0 Å². The molecule has 24 heavy (non-hydrogen) atoms. The minimum atomic E-state index is -0.548. The highest BCUT2D eigenvalue weighted by molar-refractivity contribution is 5.28. The molecular formula is C21H34O3. The lowest BCUT2D eigenvalue weighted by molar-refractivity contribution is -0.134. The van der Waals surface area contributed by atoms with Crippen molar-refractivity contribution in [2.75, 3.05) is 6.61 Å². The van der Waals surface area contributed by atoms with Crippen LogP contribution in [-0.4, -0.2) is 33.6 Å². The lowest BCUT2D eigenvalue weighted by Gasteiger charge is -2.61. The zero-order valence-corrected chi connectivity index (χ0v) is 15.5. The summed E-state index contributed by atoms with van der Waals surface area (Å²) in [5.74, 6) is 1.98. The maximum atomic E-state index is 11.0. The van der Waals surface area contributed by atoms with Crippen molar-refractivity contribution < 1.29 is 15.3 Å². The molecule has 0 aromatic rings. The number of hydrogen-bond donors (Lipinski definition) is 3. The third-order valence-corrected chi connectivity index (χ3v) is 9.12. The summed E-state index contributed by atoms with van der Waals surface area (Å²) < 4.78 is 0. The molecule has 0 heterocycles. The third kappa shape index (κ3) is 1.95. The van der Waals surface area contributed by atoms with Crippen LogP contribution >= 0.6 is 0 Å². The van der Waals surface area contributed by atoms with Gasteiger partial charge in [0.15, 0.2) is 0 Å². The molecule has 0 spiro atoms. The van der Waals surface area contributed by atoms with E-state index in [2.05, 4.69) is 19.9 Å². The fourth-order valence-corrected chi connectivity index (χ4v) is 7.49. The van der Waals surface area contributed by atoms with Crippen molar-refractivity contribution in [1.29, 1.82) is 0 Å². The van der Waals surface area contributed by atoms with Crippen LogP contribution in [0.1, 0.15) is 65.7 Å². The van der Waals surface area contributed by atoms with E-state index >= 15 is 0 Å². The van der Waals surface area contributed by atoms with Crippen LogP contribution < -0.4 is 0 Å². The molecule has 0 unspecified atom stereocenters. The summed E-state index contributed by atoms with van der Waals surface area (Å²) in [6.07, 6.45) is 8.92. The lowest BCUT2D eigenvalue weighted by atomic mass is 9.44. The molecule has 4 aliphatic carbocycles. The number of rotatable bonds is 1. The smallest absolute Gasteiger partial charge is 0.0675 e. The van der Waals surface area contributed by atoms with Crippen LogP contribution in [0.15, 0.2) is 11.6 Å². The van der Waals surface area contributed by atoms with E-state index < -0.39 is 5.60 Å². The Kier molecular flexibility index (Phi) is 3.77. The summed E-state index contributed by atoms with van der Waals surface area (Å²) in [6.45, 7) is 6.79. The molecule has 4 aliphatic rings. The molecule has 0 radical (unpaired) electrons. The number of aliphatic hydroxyl groups excluding tert-OH is 2. The first-order valence-corrected chi connectivity index (χ1v) is 9.97. The highest BCUT2D eigenvalue weighted by Crippen LogP contribution is 2.67. The van der Waals surface area contributed by atoms with Gasteiger partial charge in [-0.2, -0.15) is 0 Å². The molecule has 0 saturated heterocycles. The van der Waals surface area contributed by atoms with E-state index in [-0.39, 0.29) is 23.5 Å². The maximum absolute atomic E-state index is 11.0. The summed E-state index contributed by atoms with van der Waals surface area (Å²) in [4.78, 5) is 0. The molecule has 3 fully saturated rings. The van der Waals surface area contributed by atoms with E-state index in [1.54, 1.807) is 0 Å². The lowest BCUT2D eigenvalue weighted by Crippen LogP contribution is -2.57. The SMILES string of the molecule is C[C@@H]1C[C@H](O)CC2=CC[C@@H]3[C@H](CC[C@@]4(C)[C@H]3CC[C@]4(C)O)[C@]21CO. The van der Waals surface area contributed by atoms with E-state index in [1.807, 2.05) is 6.92 Å². The van der Waals surface area contributed by atoms with Gasteiger partial charge < -0.3 is 15.3 Å². The van der Waals surface area contributed by atoms with Crippen molar-refractivity contribution in [3.63, 3.8) is 0 Å². The zero-order valence-electron chi connectivity index (χ0n) is 15.5. The van der Waals surface area contributed by atoms with E-state index in [0.29, 0.717) is 23.7 Å². The molecule has 4 rings (SSSR count). The molecule has 3 heteroatoms. The first-order chi connectivity index (χ1) is 11.3. The van der Waals surface area contributed by atoms with Gasteiger partial charge in [-0.1, -0.05) is 25.5 Å². The fraction of sp³-hybridized carbons (Fsp3) is 0.905. The summed E-state index contributed by atoms with van der Waals surface area (Å²) in [6, 6.07) is 0. The molecule has 3 nitrogen and oxygen atoms in total. The molecule has 0 amide bonds. The van der Waals surface area contributed by atoms with Crippen LogP contribution in [0.2, 0.25) is 0 Å². The number of aliphatic hydroxyl groups is 3. The minimum Gasteiger partial charge on any atom is -0.395 e. The second-order valence-electron chi connectivity index (χ2n) is 9.80. The quantitative estimate of drug-likeness (QED) is 0.645. The number of fused-ring (bicyclic) bond motifs is 5. The first-order valence-electron chi connectivity index (χ1n) is 9.97. The van der Waals surface area contributed by atoms with Gasteiger partial charge in [0, 0.05) is 5.41 Å². The molecule has 0 aliphatic heterocycles. The highest BCUT2D eigenvalue weighted by Gasteiger charge is 2.63. The Bertz CT molecular complexity index is 553. The summed E-state index contributed by atoms with van der Waals surface area (Å²) >= 11 is 0. The van der Waals surface area contributed by atoms with E-state index in [9.17, 15) is 15.3 Å². The standard InChI is InChI=1S/C21H34O3/c1-13-10-15(23)11-14-4-5-16-17-7-9-20(3,24)19(17,2)8-6-18(16)21(13,14)12-22/h4,13,15-18,22-24H,5-12H2,1-3H3/t13-,15+,16+,17+,18+,19+,20+,21+/m1/s1. The van der Waals surface area contributed by atoms with E-state index in [0.717, 1.165) is 44.9 Å². The Morgan fingerprint density at radius 3 is 2.58 bits per heavy atom. The Morgan fingerprint density at radius 1 is 1.17 bits per heavy atom. The van der Waals surface area contributed by atoms with Crippen molar-refractivity contribution in [1.82, 2.24) is 0 Å². The fourth-order valence-electron chi connectivity index (χ4n) is 7.49. The Balaban J connectivity index is 1.74. The van der Waals surface area contributed by atoms with Crippen molar-refractivity contribution in [3.05, 3.63) is 11.6 Å². The molecule has 3 saturated carbocycles. The average Bonchev–Trinajstić information content (AvgIpc) is 2.77. The van der Waals surface area contributed by atoms with Crippen LogP contribution in [0.25, 0.3) is 0 Å². The van der Waals surface area contributed by atoms with Crippen molar-refractivity contribution in [2.45, 2.75) is 77.4 Å². The molecule has 136 valence electrons. The number of allylic oxidation sites excluding steroid dienone is 1. The van der Waals surface area contributed by atoms with Gasteiger partial charge in [0.1, 0.15) is 0 Å². The molecule has 0 aromatic carbocycles. The van der Waals surface area contributed by atoms with E-state index in [1.165, 1.54) is 5.57 Å². The van der Waals surface area contributed by atoms with Gasteiger partial charge in [-0.25, -0.2) is 0 Å². The van der Waals surface area contributed by atoms with Gasteiger partial charge >= 0.3 is 0 Å². The molecular weight excluding hydrogens is 300 g/mol. The Hall–Kier alpha value is -0.380. The van der Waals surface area contributed by atoms with Crippen LogP contribution in [0, 0.1) is 34.5 Å². The largest absolute Gasteiger partial charge is 0.395 e. The van der Waals surface area contributed by atoms with Crippen LogP contribution in [0.5, 0.6) is 0 Å². The monoisotopic (exact) mass is 334 g/mol. The first kappa shape index (κ1) is 17.1. The van der Waals surface area contributed by atoms with Gasteiger partial charge in [-0.3, -0.25) is 0 Å². The summed E-state index contributed by atoms with van der Waals surface area (Å²) in [7, 11) is 0. The normalized spacial score (nSPS) is 56.9. The molecule has 3 N–H and O–H groups in total.